The highest BCUT2D eigenvalue weighted by atomic mass is 16.4. The van der Waals surface area contributed by atoms with Gasteiger partial charge in [0.1, 0.15) is 0 Å². The molecule has 3 aliphatic rings. The summed E-state index contributed by atoms with van der Waals surface area (Å²) in [5.74, 6) is -4.73. The van der Waals surface area contributed by atoms with Crippen molar-refractivity contribution in [3.63, 3.8) is 0 Å². The average Bonchev–Trinajstić information content (AvgIpc) is 2.55. The maximum absolute atomic E-state index is 12.7. The minimum Gasteiger partial charge on any atom is -0.481 e. The van der Waals surface area contributed by atoms with E-state index in [0.29, 0.717) is 31.4 Å². The molecule has 0 spiro atoms. The molecule has 2 bridgehead atoms. The number of carboxylic acids is 2. The number of aliphatic carboxylic acids is 2. The van der Waals surface area contributed by atoms with E-state index in [2.05, 4.69) is 5.32 Å². The first-order valence-electron chi connectivity index (χ1n) is 7.78. The van der Waals surface area contributed by atoms with Crippen molar-refractivity contribution in [1.82, 2.24) is 0 Å². The normalized spacial score (nSPS) is 32.3. The van der Waals surface area contributed by atoms with Gasteiger partial charge in [0, 0.05) is 5.69 Å². The van der Waals surface area contributed by atoms with Crippen LogP contribution in [-0.2, 0) is 14.4 Å². The number of para-hydroxylation sites is 1. The van der Waals surface area contributed by atoms with Gasteiger partial charge in [-0.1, -0.05) is 18.2 Å². The fraction of sp³-hybridized carbons (Fsp3) is 0.471. The summed E-state index contributed by atoms with van der Waals surface area (Å²) in [4.78, 5) is 36.3. The van der Waals surface area contributed by atoms with Crippen LogP contribution in [-0.4, -0.2) is 28.1 Å². The topological polar surface area (TPSA) is 104 Å². The van der Waals surface area contributed by atoms with Crippen LogP contribution in [0.5, 0.6) is 0 Å². The quantitative estimate of drug-likeness (QED) is 0.790. The lowest BCUT2D eigenvalue weighted by atomic mass is 9.50. The Morgan fingerprint density at radius 2 is 1.65 bits per heavy atom. The van der Waals surface area contributed by atoms with Crippen molar-refractivity contribution in [2.45, 2.75) is 25.7 Å². The third-order valence-electron chi connectivity index (χ3n) is 5.42. The number of hydrogen-bond donors (Lipinski definition) is 3. The second-order valence-corrected chi connectivity index (χ2v) is 6.50. The van der Waals surface area contributed by atoms with Gasteiger partial charge in [-0.05, 0) is 43.7 Å². The highest BCUT2D eigenvalue weighted by molar-refractivity contribution is 5.99. The smallest absolute Gasteiger partial charge is 0.310 e. The molecule has 0 aromatic heterocycles. The molecule has 1 aromatic rings. The Balaban J connectivity index is 1.96. The third kappa shape index (κ3) is 2.48. The molecule has 122 valence electrons. The summed E-state index contributed by atoms with van der Waals surface area (Å²) in [6, 6.07) is 8.70. The van der Waals surface area contributed by atoms with Crippen LogP contribution in [0.4, 0.5) is 5.69 Å². The first kappa shape index (κ1) is 15.5. The standard InChI is InChI=1S/C17H19NO5/c19-14(18-11-4-2-1-3-5-11)13-12(15(20)21)10-6-8-17(13,9-7-10)16(22)23/h1-5,10,12-13H,6-9H2,(H,18,19)(H,20,21)(H,22,23)/t10?,12-,13-,17?/m1/s1. The molecular weight excluding hydrogens is 298 g/mol. The Bertz CT molecular complexity index is 634. The van der Waals surface area contributed by atoms with E-state index >= 15 is 0 Å². The molecule has 3 fully saturated rings. The molecule has 3 saturated carbocycles. The van der Waals surface area contributed by atoms with Crippen molar-refractivity contribution in [1.29, 1.82) is 0 Å². The van der Waals surface area contributed by atoms with E-state index in [1.807, 2.05) is 0 Å². The van der Waals surface area contributed by atoms with E-state index in [1.165, 1.54) is 0 Å². The highest BCUT2D eigenvalue weighted by Crippen LogP contribution is 2.57. The van der Waals surface area contributed by atoms with E-state index < -0.39 is 35.1 Å². The van der Waals surface area contributed by atoms with E-state index in [-0.39, 0.29) is 5.92 Å². The zero-order valence-corrected chi connectivity index (χ0v) is 12.6. The molecule has 0 saturated heterocycles. The van der Waals surface area contributed by atoms with Crippen molar-refractivity contribution in [3.05, 3.63) is 30.3 Å². The van der Waals surface area contributed by atoms with Crippen LogP contribution < -0.4 is 5.32 Å². The monoisotopic (exact) mass is 317 g/mol. The fourth-order valence-electron chi connectivity index (χ4n) is 4.29. The maximum Gasteiger partial charge on any atom is 0.310 e. The van der Waals surface area contributed by atoms with Crippen molar-refractivity contribution in [2.75, 3.05) is 5.32 Å². The molecule has 3 aliphatic carbocycles. The Labute approximate surface area is 133 Å². The highest BCUT2D eigenvalue weighted by Gasteiger charge is 2.62. The van der Waals surface area contributed by atoms with Gasteiger partial charge in [-0.15, -0.1) is 0 Å². The van der Waals surface area contributed by atoms with Gasteiger partial charge in [0.05, 0.1) is 17.3 Å². The van der Waals surface area contributed by atoms with Gasteiger partial charge in [0.15, 0.2) is 0 Å². The van der Waals surface area contributed by atoms with Crippen LogP contribution in [0.2, 0.25) is 0 Å². The van der Waals surface area contributed by atoms with Gasteiger partial charge in [-0.3, -0.25) is 14.4 Å². The number of anilines is 1. The summed E-state index contributed by atoms with van der Waals surface area (Å²) < 4.78 is 0. The number of rotatable bonds is 4. The minimum absolute atomic E-state index is 0.125. The maximum atomic E-state index is 12.7. The third-order valence-corrected chi connectivity index (χ3v) is 5.42. The summed E-state index contributed by atoms with van der Waals surface area (Å²) in [5, 5.41) is 22.0. The van der Waals surface area contributed by atoms with Gasteiger partial charge in [-0.25, -0.2) is 0 Å². The second kappa shape index (κ2) is 5.68. The number of fused-ring (bicyclic) bond motifs is 3. The Hall–Kier alpha value is -2.37. The molecule has 4 rings (SSSR count). The van der Waals surface area contributed by atoms with Gasteiger partial charge >= 0.3 is 11.9 Å². The summed E-state index contributed by atoms with van der Waals surface area (Å²) in [5.41, 5.74) is -0.722. The first-order valence-corrected chi connectivity index (χ1v) is 7.78. The Kier molecular flexibility index (Phi) is 3.83. The zero-order valence-electron chi connectivity index (χ0n) is 12.6. The van der Waals surface area contributed by atoms with Gasteiger partial charge < -0.3 is 15.5 Å². The molecule has 1 aromatic carbocycles. The predicted molar refractivity (Wildman–Crippen MR) is 81.7 cm³/mol. The SMILES string of the molecule is O=C(O)[C@@H]1C2CCC(C(=O)O)(CC2)[C@H]1C(=O)Nc1ccccc1. The summed E-state index contributed by atoms with van der Waals surface area (Å²) in [6.07, 6.45) is 1.84. The van der Waals surface area contributed by atoms with Gasteiger partial charge in [0.2, 0.25) is 5.91 Å². The molecule has 0 radical (unpaired) electrons. The van der Waals surface area contributed by atoms with Crippen LogP contribution in [0, 0.1) is 23.2 Å². The van der Waals surface area contributed by atoms with Crippen molar-refractivity contribution in [3.8, 4) is 0 Å². The first-order chi connectivity index (χ1) is 11.0. The molecule has 2 atom stereocenters. The van der Waals surface area contributed by atoms with Crippen LogP contribution in [0.15, 0.2) is 30.3 Å². The van der Waals surface area contributed by atoms with Crippen LogP contribution in [0.1, 0.15) is 25.7 Å². The summed E-state index contributed by atoms with van der Waals surface area (Å²) in [7, 11) is 0. The molecular formula is C17H19NO5. The molecule has 6 heteroatoms. The number of nitrogens with one attached hydrogen (secondary N) is 1. The van der Waals surface area contributed by atoms with E-state index in [0.717, 1.165) is 0 Å². The lowest BCUT2D eigenvalue weighted by molar-refractivity contribution is -0.179. The summed E-state index contributed by atoms with van der Waals surface area (Å²) in [6.45, 7) is 0. The molecule has 0 aliphatic heterocycles. The molecule has 3 N–H and O–H groups in total. The average molecular weight is 317 g/mol. The van der Waals surface area contributed by atoms with Crippen LogP contribution in [0.25, 0.3) is 0 Å². The van der Waals surface area contributed by atoms with Gasteiger partial charge in [-0.2, -0.15) is 0 Å². The molecule has 23 heavy (non-hydrogen) atoms. The number of hydrogen-bond acceptors (Lipinski definition) is 3. The number of benzene rings is 1. The van der Waals surface area contributed by atoms with E-state index in [9.17, 15) is 24.6 Å². The number of carbonyl (C=O) groups is 3. The van der Waals surface area contributed by atoms with Crippen molar-refractivity contribution >= 4 is 23.5 Å². The van der Waals surface area contributed by atoms with Crippen LogP contribution >= 0.6 is 0 Å². The Morgan fingerprint density at radius 1 is 1.04 bits per heavy atom. The molecule has 6 nitrogen and oxygen atoms in total. The number of amides is 1. The lowest BCUT2D eigenvalue weighted by Gasteiger charge is -2.51. The lowest BCUT2D eigenvalue weighted by Crippen LogP contribution is -2.58. The Morgan fingerprint density at radius 3 is 2.17 bits per heavy atom. The number of carbonyl (C=O) groups excluding carboxylic acids is 1. The molecule has 0 unspecified atom stereocenters. The van der Waals surface area contributed by atoms with Crippen LogP contribution in [0.3, 0.4) is 0 Å². The van der Waals surface area contributed by atoms with Crippen molar-refractivity contribution in [2.24, 2.45) is 23.2 Å². The fourth-order valence-corrected chi connectivity index (χ4v) is 4.29. The molecule has 1 amide bonds. The predicted octanol–water partition coefficient (Wildman–Crippen LogP) is 2.22. The van der Waals surface area contributed by atoms with E-state index in [1.54, 1.807) is 30.3 Å². The number of carboxylic acid groups (broad SMARTS) is 2. The van der Waals surface area contributed by atoms with Gasteiger partial charge in [0.25, 0.3) is 0 Å². The summed E-state index contributed by atoms with van der Waals surface area (Å²) >= 11 is 0. The second-order valence-electron chi connectivity index (χ2n) is 6.50. The molecule has 0 heterocycles. The minimum atomic E-state index is -1.27. The largest absolute Gasteiger partial charge is 0.481 e. The van der Waals surface area contributed by atoms with E-state index in [4.69, 9.17) is 0 Å². The zero-order chi connectivity index (χ0) is 16.6. The van der Waals surface area contributed by atoms with Crippen molar-refractivity contribution < 1.29 is 24.6 Å².